The minimum absolute atomic E-state index is 0.433. The molecule has 0 atom stereocenters. The van der Waals surface area contributed by atoms with E-state index in [-0.39, 0.29) is 0 Å². The number of aromatic hydroxyl groups is 2. The molecule has 0 saturated heterocycles. The Morgan fingerprint density at radius 3 is 1.08 bits per heavy atom. The van der Waals surface area contributed by atoms with E-state index in [4.69, 9.17) is 0 Å². The van der Waals surface area contributed by atoms with Crippen molar-refractivity contribution in [2.24, 2.45) is 0 Å². The second-order valence-corrected chi connectivity index (χ2v) is 7.56. The minimum atomic E-state index is 0.433. The van der Waals surface area contributed by atoms with E-state index < -0.39 is 0 Å². The lowest BCUT2D eigenvalue weighted by Gasteiger charge is -2.30. The normalized spacial score (nSPS) is 21.0. The predicted molar refractivity (Wildman–Crippen MR) is 99.1 cm³/mol. The maximum atomic E-state index is 9.97. The highest BCUT2D eigenvalue weighted by Crippen LogP contribution is 2.42. The lowest BCUT2D eigenvalue weighted by molar-refractivity contribution is 0.394. The van der Waals surface area contributed by atoms with Crippen LogP contribution in [-0.2, 0) is 0 Å². The van der Waals surface area contributed by atoms with Gasteiger partial charge in [-0.2, -0.15) is 0 Å². The average Bonchev–Trinajstić information content (AvgIpc) is 2.57. The quantitative estimate of drug-likeness (QED) is 0.736. The second kappa shape index (κ2) is 6.51. The summed E-state index contributed by atoms with van der Waals surface area (Å²) in [6, 6.07) is 8.62. The Morgan fingerprint density at radius 1 is 0.583 bits per heavy atom. The third kappa shape index (κ3) is 3.15. The molecule has 2 aromatic rings. The first-order valence-electron chi connectivity index (χ1n) is 8.97. The van der Waals surface area contributed by atoms with Crippen LogP contribution in [0, 0.1) is 27.7 Å². The molecule has 0 aliphatic heterocycles. The Balaban J connectivity index is 1.74. The molecule has 24 heavy (non-hydrogen) atoms. The van der Waals surface area contributed by atoms with Gasteiger partial charge in [-0.05, 0) is 98.6 Å². The molecule has 0 spiro atoms. The van der Waals surface area contributed by atoms with Crippen LogP contribution >= 0.6 is 0 Å². The Labute approximate surface area is 145 Å². The van der Waals surface area contributed by atoms with Gasteiger partial charge in [0.2, 0.25) is 0 Å². The Morgan fingerprint density at radius 2 is 0.833 bits per heavy atom. The molecular formula is C22H28O2. The summed E-state index contributed by atoms with van der Waals surface area (Å²) >= 11 is 0. The number of phenols is 2. The summed E-state index contributed by atoms with van der Waals surface area (Å²) in [5, 5.41) is 19.9. The first-order chi connectivity index (χ1) is 11.4. The SMILES string of the molecule is Cc1cc(C2CCC(c3cc(C)c(O)c(C)c3)CC2)cc(C)c1O. The van der Waals surface area contributed by atoms with Crippen molar-refractivity contribution in [1.82, 2.24) is 0 Å². The Bertz CT molecular complexity index is 641. The van der Waals surface area contributed by atoms with Crippen LogP contribution in [0.25, 0.3) is 0 Å². The van der Waals surface area contributed by atoms with Gasteiger partial charge < -0.3 is 10.2 Å². The molecule has 0 bridgehead atoms. The maximum Gasteiger partial charge on any atom is 0.121 e. The third-order valence-electron chi connectivity index (χ3n) is 5.70. The summed E-state index contributed by atoms with van der Waals surface area (Å²) in [5.41, 5.74) is 6.68. The van der Waals surface area contributed by atoms with E-state index in [9.17, 15) is 10.2 Å². The number of hydrogen-bond acceptors (Lipinski definition) is 2. The largest absolute Gasteiger partial charge is 0.507 e. The highest BCUT2D eigenvalue weighted by molar-refractivity contribution is 5.45. The van der Waals surface area contributed by atoms with Gasteiger partial charge in [0.1, 0.15) is 11.5 Å². The summed E-state index contributed by atoms with van der Waals surface area (Å²) in [4.78, 5) is 0. The van der Waals surface area contributed by atoms with E-state index in [2.05, 4.69) is 24.3 Å². The maximum absolute atomic E-state index is 9.97. The van der Waals surface area contributed by atoms with Gasteiger partial charge in [0, 0.05) is 0 Å². The van der Waals surface area contributed by atoms with Gasteiger partial charge in [0.25, 0.3) is 0 Å². The summed E-state index contributed by atoms with van der Waals surface area (Å²) in [5.74, 6) is 2.06. The number of rotatable bonds is 2. The van der Waals surface area contributed by atoms with E-state index in [1.807, 2.05) is 27.7 Å². The summed E-state index contributed by atoms with van der Waals surface area (Å²) in [7, 11) is 0. The fourth-order valence-corrected chi connectivity index (χ4v) is 4.21. The van der Waals surface area contributed by atoms with Crippen molar-refractivity contribution in [2.75, 3.05) is 0 Å². The monoisotopic (exact) mass is 324 g/mol. The lowest BCUT2D eigenvalue weighted by atomic mass is 9.75. The molecule has 0 amide bonds. The van der Waals surface area contributed by atoms with Crippen LogP contribution in [0.15, 0.2) is 24.3 Å². The third-order valence-corrected chi connectivity index (χ3v) is 5.70. The minimum Gasteiger partial charge on any atom is -0.507 e. The fourth-order valence-electron chi connectivity index (χ4n) is 4.21. The molecule has 0 aromatic heterocycles. The molecule has 1 aliphatic carbocycles. The van der Waals surface area contributed by atoms with Crippen molar-refractivity contribution in [3.05, 3.63) is 57.6 Å². The van der Waals surface area contributed by atoms with Crippen molar-refractivity contribution in [1.29, 1.82) is 0 Å². The zero-order valence-electron chi connectivity index (χ0n) is 15.2. The predicted octanol–water partition coefficient (Wildman–Crippen LogP) is 5.77. The Hall–Kier alpha value is -1.96. The molecule has 2 heteroatoms. The topological polar surface area (TPSA) is 40.5 Å². The smallest absolute Gasteiger partial charge is 0.121 e. The van der Waals surface area contributed by atoms with E-state index in [0.29, 0.717) is 23.3 Å². The average molecular weight is 324 g/mol. The van der Waals surface area contributed by atoms with Crippen LogP contribution in [0.3, 0.4) is 0 Å². The van der Waals surface area contributed by atoms with E-state index >= 15 is 0 Å². The van der Waals surface area contributed by atoms with Gasteiger partial charge in [-0.15, -0.1) is 0 Å². The second-order valence-electron chi connectivity index (χ2n) is 7.56. The molecule has 0 heterocycles. The zero-order chi connectivity index (χ0) is 17.4. The molecule has 2 nitrogen and oxygen atoms in total. The molecule has 128 valence electrons. The van der Waals surface area contributed by atoms with Crippen LogP contribution in [-0.4, -0.2) is 10.2 Å². The molecule has 1 saturated carbocycles. The van der Waals surface area contributed by atoms with E-state index in [1.165, 1.54) is 36.8 Å². The van der Waals surface area contributed by atoms with Gasteiger partial charge in [0.15, 0.2) is 0 Å². The number of phenolic OH excluding ortho intramolecular Hbond substituents is 2. The van der Waals surface area contributed by atoms with Crippen molar-refractivity contribution in [2.45, 2.75) is 65.2 Å². The summed E-state index contributed by atoms with van der Waals surface area (Å²) < 4.78 is 0. The van der Waals surface area contributed by atoms with Crippen LogP contribution in [0.2, 0.25) is 0 Å². The molecular weight excluding hydrogens is 296 g/mol. The first kappa shape index (κ1) is 16.9. The summed E-state index contributed by atoms with van der Waals surface area (Å²) in [6.45, 7) is 7.94. The molecule has 3 rings (SSSR count). The molecule has 2 aromatic carbocycles. The molecule has 2 N–H and O–H groups in total. The van der Waals surface area contributed by atoms with Crippen LogP contribution in [0.4, 0.5) is 0 Å². The highest BCUT2D eigenvalue weighted by atomic mass is 16.3. The van der Waals surface area contributed by atoms with Gasteiger partial charge in [-0.3, -0.25) is 0 Å². The van der Waals surface area contributed by atoms with Crippen LogP contribution < -0.4 is 0 Å². The van der Waals surface area contributed by atoms with Gasteiger partial charge in [0.05, 0.1) is 0 Å². The lowest BCUT2D eigenvalue weighted by Crippen LogP contribution is -2.13. The molecule has 1 fully saturated rings. The van der Waals surface area contributed by atoms with Crippen molar-refractivity contribution >= 4 is 0 Å². The van der Waals surface area contributed by atoms with Gasteiger partial charge in [-0.25, -0.2) is 0 Å². The Kier molecular flexibility index (Phi) is 4.58. The van der Waals surface area contributed by atoms with Gasteiger partial charge >= 0.3 is 0 Å². The summed E-state index contributed by atoms with van der Waals surface area (Å²) in [6.07, 6.45) is 4.75. The van der Waals surface area contributed by atoms with Crippen LogP contribution in [0.1, 0.15) is 70.9 Å². The number of aryl methyl sites for hydroxylation is 4. The standard InChI is InChI=1S/C22H28O2/c1-13-9-19(10-14(2)21(13)23)17-5-7-18(8-6-17)20-11-15(3)22(24)16(4)12-20/h9-12,17-18,23-24H,5-8H2,1-4H3. The highest BCUT2D eigenvalue weighted by Gasteiger charge is 2.25. The fraction of sp³-hybridized carbons (Fsp3) is 0.455. The van der Waals surface area contributed by atoms with Crippen molar-refractivity contribution < 1.29 is 10.2 Å². The van der Waals surface area contributed by atoms with Gasteiger partial charge in [-0.1, -0.05) is 24.3 Å². The van der Waals surface area contributed by atoms with E-state index in [0.717, 1.165) is 22.3 Å². The number of benzene rings is 2. The molecule has 0 unspecified atom stereocenters. The van der Waals surface area contributed by atoms with Crippen molar-refractivity contribution in [3.8, 4) is 11.5 Å². The first-order valence-corrected chi connectivity index (χ1v) is 8.97. The molecule has 0 radical (unpaired) electrons. The molecule has 1 aliphatic rings. The van der Waals surface area contributed by atoms with E-state index in [1.54, 1.807) is 0 Å². The zero-order valence-corrected chi connectivity index (χ0v) is 15.2. The van der Waals surface area contributed by atoms with Crippen molar-refractivity contribution in [3.63, 3.8) is 0 Å². The number of hydrogen-bond donors (Lipinski definition) is 2. The van der Waals surface area contributed by atoms with Crippen LogP contribution in [0.5, 0.6) is 11.5 Å².